The van der Waals surface area contributed by atoms with E-state index < -0.39 is 6.85 Å². The molecule has 3 aromatic heterocycles. The molecule has 0 saturated heterocycles. The first-order chi connectivity index (χ1) is 17.1. The maximum atomic E-state index is 7.65. The van der Waals surface area contributed by atoms with Crippen molar-refractivity contribution in [3.8, 4) is 17.1 Å². The lowest BCUT2D eigenvalue weighted by Crippen LogP contribution is -2.11. The van der Waals surface area contributed by atoms with Crippen LogP contribution >= 0.6 is 0 Å². The summed E-state index contributed by atoms with van der Waals surface area (Å²) in [6.45, 7) is 4.34. The van der Waals surface area contributed by atoms with Gasteiger partial charge in [0.1, 0.15) is 11.4 Å². The van der Waals surface area contributed by atoms with Gasteiger partial charge in [-0.05, 0) is 72.4 Å². The molecule has 6 rings (SSSR count). The van der Waals surface area contributed by atoms with E-state index in [1.165, 1.54) is 5.56 Å². The Bertz CT molecular complexity index is 1750. The number of imidazole rings is 1. The number of rotatable bonds is 2. The molecule has 4 heteroatoms. The summed E-state index contributed by atoms with van der Waals surface area (Å²) in [6.07, 6.45) is 0. The third-order valence-corrected chi connectivity index (χ3v) is 6.15. The summed E-state index contributed by atoms with van der Waals surface area (Å²) in [7, 11) is 0. The summed E-state index contributed by atoms with van der Waals surface area (Å²) in [5.41, 5.74) is 6.24. The summed E-state index contributed by atoms with van der Waals surface area (Å²) in [6, 6.07) is 26.0. The number of hydrogen-bond donors (Lipinski definition) is 0. The number of benzene rings is 3. The number of fused-ring (bicyclic) bond motifs is 4. The average Bonchev–Trinajstić information content (AvgIpc) is 3.40. The highest BCUT2D eigenvalue weighted by Gasteiger charge is 2.18. The number of nitrogens with zero attached hydrogens (tertiary/aromatic N) is 3. The fourth-order valence-corrected chi connectivity index (χ4v) is 4.39. The summed E-state index contributed by atoms with van der Waals surface area (Å²) >= 11 is 0. The molecule has 0 atom stereocenters. The lowest BCUT2D eigenvalue weighted by molar-refractivity contribution is 0.590. The van der Waals surface area contributed by atoms with E-state index in [0.717, 1.165) is 38.9 Å². The highest BCUT2D eigenvalue weighted by molar-refractivity contribution is 6.05. The van der Waals surface area contributed by atoms with Crippen LogP contribution in [0.15, 0.2) is 83.3 Å². The van der Waals surface area contributed by atoms with E-state index in [4.69, 9.17) is 13.5 Å². The molecule has 0 fully saturated rings. The van der Waals surface area contributed by atoms with E-state index >= 15 is 0 Å². The molecule has 0 unspecified atom stereocenters. The number of furan rings is 1. The van der Waals surface area contributed by atoms with Crippen molar-refractivity contribution in [2.75, 3.05) is 0 Å². The molecule has 3 heterocycles. The number of hydrogen-bond acceptors (Lipinski definition) is 3. The van der Waals surface area contributed by atoms with Crippen LogP contribution in [0.3, 0.4) is 0 Å². The van der Waals surface area contributed by atoms with Gasteiger partial charge in [0.15, 0.2) is 0 Å². The zero-order valence-corrected chi connectivity index (χ0v) is 18.8. The molecule has 0 radical (unpaired) electrons. The van der Waals surface area contributed by atoms with Crippen LogP contribution in [0.5, 0.6) is 0 Å². The Kier molecular flexibility index (Phi) is 3.56. The normalized spacial score (nSPS) is 14.0. The molecular formula is C29H25N3O. The van der Waals surface area contributed by atoms with Gasteiger partial charge in [-0.1, -0.05) is 45.0 Å². The van der Waals surface area contributed by atoms with Crippen LogP contribution in [-0.4, -0.2) is 14.5 Å². The summed E-state index contributed by atoms with van der Waals surface area (Å²) in [5, 5.41) is 1.64. The largest absolute Gasteiger partial charge is 0.438 e. The highest BCUT2D eigenvalue weighted by Crippen LogP contribution is 2.34. The first-order valence-electron chi connectivity index (χ1n) is 12.5. The van der Waals surface area contributed by atoms with Crippen molar-refractivity contribution < 1.29 is 8.53 Å². The van der Waals surface area contributed by atoms with Gasteiger partial charge in [-0.15, -0.1) is 0 Å². The van der Waals surface area contributed by atoms with E-state index in [-0.39, 0.29) is 11.1 Å². The topological polar surface area (TPSA) is 43.9 Å². The van der Waals surface area contributed by atoms with Crippen molar-refractivity contribution in [1.29, 1.82) is 0 Å². The van der Waals surface area contributed by atoms with Gasteiger partial charge in [0.05, 0.1) is 11.0 Å². The molecular weight excluding hydrogens is 406 g/mol. The van der Waals surface area contributed by atoms with Crippen LogP contribution in [0.4, 0.5) is 0 Å². The third kappa shape index (κ3) is 3.21. The molecule has 0 N–H and O–H groups in total. The lowest BCUT2D eigenvalue weighted by Gasteiger charge is -2.19. The van der Waals surface area contributed by atoms with Gasteiger partial charge in [-0.3, -0.25) is 4.57 Å². The summed E-state index contributed by atoms with van der Waals surface area (Å²) in [5.74, 6) is 0.822. The third-order valence-electron chi connectivity index (χ3n) is 6.15. The molecule has 33 heavy (non-hydrogen) atoms. The fourth-order valence-electron chi connectivity index (χ4n) is 4.39. The SMILES string of the molecule is [2H]C([2H])([2H])c1ccc2c(n1)oc1ccc(-c3nc4ccccc4n3-c3ccc(C(C)(C)C)cc3)cc12. The molecule has 0 bridgehead atoms. The van der Waals surface area contributed by atoms with Crippen LogP contribution < -0.4 is 0 Å². The molecule has 3 aromatic carbocycles. The van der Waals surface area contributed by atoms with E-state index in [9.17, 15) is 0 Å². The van der Waals surface area contributed by atoms with Gasteiger partial charge in [-0.25, -0.2) is 9.97 Å². The van der Waals surface area contributed by atoms with Crippen molar-refractivity contribution in [2.24, 2.45) is 0 Å². The van der Waals surface area contributed by atoms with Gasteiger partial charge in [0.25, 0.3) is 0 Å². The van der Waals surface area contributed by atoms with Gasteiger partial charge in [-0.2, -0.15) is 0 Å². The second-order valence-corrected chi connectivity index (χ2v) is 9.42. The van der Waals surface area contributed by atoms with Crippen molar-refractivity contribution in [3.05, 3.63) is 90.1 Å². The first kappa shape index (κ1) is 16.7. The minimum absolute atomic E-state index is 0.0229. The summed E-state index contributed by atoms with van der Waals surface area (Å²) in [4.78, 5) is 9.25. The molecule has 4 nitrogen and oxygen atoms in total. The molecule has 0 aliphatic heterocycles. The Morgan fingerprint density at radius 2 is 1.67 bits per heavy atom. The van der Waals surface area contributed by atoms with E-state index in [0.29, 0.717) is 11.3 Å². The monoisotopic (exact) mass is 434 g/mol. The minimum Gasteiger partial charge on any atom is -0.438 e. The van der Waals surface area contributed by atoms with Crippen LogP contribution in [0, 0.1) is 6.85 Å². The van der Waals surface area contributed by atoms with Crippen LogP contribution in [0.25, 0.3) is 50.2 Å². The van der Waals surface area contributed by atoms with Gasteiger partial charge in [0.2, 0.25) is 5.71 Å². The van der Waals surface area contributed by atoms with Crippen molar-refractivity contribution >= 4 is 33.1 Å². The Labute approximate surface area is 196 Å². The predicted octanol–water partition coefficient (Wildman–Crippen LogP) is 7.59. The van der Waals surface area contributed by atoms with E-state index in [2.05, 4.69) is 60.7 Å². The Hall–Kier alpha value is -3.92. The predicted molar refractivity (Wildman–Crippen MR) is 135 cm³/mol. The fraction of sp³-hybridized carbons (Fsp3) is 0.172. The first-order valence-corrected chi connectivity index (χ1v) is 11.0. The summed E-state index contributed by atoms with van der Waals surface area (Å²) < 4.78 is 31.0. The van der Waals surface area contributed by atoms with Crippen LogP contribution in [0.1, 0.15) is 36.1 Å². The second kappa shape index (κ2) is 7.04. The highest BCUT2D eigenvalue weighted by atomic mass is 16.3. The Balaban J connectivity index is 1.55. The quantitative estimate of drug-likeness (QED) is 0.282. The number of pyridine rings is 1. The van der Waals surface area contributed by atoms with Crippen molar-refractivity contribution in [1.82, 2.24) is 14.5 Å². The molecule has 0 aliphatic carbocycles. The lowest BCUT2D eigenvalue weighted by atomic mass is 9.87. The smallest absolute Gasteiger partial charge is 0.227 e. The standard InChI is InChI=1S/C29H25N3O/c1-18-9-15-22-23-17-19(10-16-26(23)33-28(22)30-18)27-31-24-7-5-6-8-25(24)32(27)21-13-11-20(12-14-21)29(2,3)4/h5-17H,1-4H3/i1D3. The number of aromatic nitrogens is 3. The van der Waals surface area contributed by atoms with Crippen LogP contribution in [-0.2, 0) is 5.41 Å². The van der Waals surface area contributed by atoms with Crippen molar-refractivity contribution in [2.45, 2.75) is 33.0 Å². The maximum absolute atomic E-state index is 7.65. The van der Waals surface area contributed by atoms with Gasteiger partial charge < -0.3 is 4.42 Å². The minimum atomic E-state index is -2.29. The van der Waals surface area contributed by atoms with Crippen molar-refractivity contribution in [3.63, 3.8) is 0 Å². The number of aryl methyl sites for hydroxylation is 1. The molecule has 162 valence electrons. The Morgan fingerprint density at radius 1 is 0.848 bits per heavy atom. The van der Waals surface area contributed by atoms with Gasteiger partial charge in [0, 0.05) is 31.8 Å². The molecule has 6 aromatic rings. The average molecular weight is 435 g/mol. The molecule has 0 aliphatic rings. The molecule has 0 saturated carbocycles. The maximum Gasteiger partial charge on any atom is 0.227 e. The zero-order valence-electron chi connectivity index (χ0n) is 21.8. The number of para-hydroxylation sites is 2. The molecule has 0 spiro atoms. The zero-order chi connectivity index (χ0) is 25.2. The molecule has 0 amide bonds. The van der Waals surface area contributed by atoms with Gasteiger partial charge >= 0.3 is 0 Å². The van der Waals surface area contributed by atoms with Crippen LogP contribution in [0.2, 0.25) is 0 Å². The van der Waals surface area contributed by atoms with E-state index in [1.807, 2.05) is 36.4 Å². The Morgan fingerprint density at radius 3 is 2.45 bits per heavy atom. The van der Waals surface area contributed by atoms with E-state index in [1.54, 1.807) is 12.1 Å². The second-order valence-electron chi connectivity index (χ2n) is 9.42.